The SMILES string of the molecule is Cc1ncc(-c2ccc3c(c2)N(c2cncc(C(=O)NCCO)n2)C(=O)C3(C)C)cn1. The summed E-state index contributed by atoms with van der Waals surface area (Å²) < 4.78 is 0. The third kappa shape index (κ3) is 3.64. The van der Waals surface area contributed by atoms with Gasteiger partial charge in [0.05, 0.1) is 30.1 Å². The van der Waals surface area contributed by atoms with Crippen molar-refractivity contribution in [1.29, 1.82) is 0 Å². The number of rotatable bonds is 5. The lowest BCUT2D eigenvalue weighted by Crippen LogP contribution is -2.34. The molecule has 1 aromatic carbocycles. The second-order valence-electron chi connectivity index (χ2n) is 7.76. The maximum atomic E-state index is 13.3. The molecule has 2 amide bonds. The zero-order chi connectivity index (χ0) is 22.2. The van der Waals surface area contributed by atoms with Crippen molar-refractivity contribution < 1.29 is 14.7 Å². The zero-order valence-corrected chi connectivity index (χ0v) is 17.5. The van der Waals surface area contributed by atoms with Gasteiger partial charge in [-0.05, 0) is 38.0 Å². The van der Waals surface area contributed by atoms with Gasteiger partial charge in [-0.1, -0.05) is 12.1 Å². The van der Waals surface area contributed by atoms with Crippen LogP contribution in [0.4, 0.5) is 11.5 Å². The van der Waals surface area contributed by atoms with Gasteiger partial charge in [0.25, 0.3) is 5.91 Å². The summed E-state index contributed by atoms with van der Waals surface area (Å²) in [7, 11) is 0. The quantitative estimate of drug-likeness (QED) is 0.649. The Bertz CT molecular complexity index is 1160. The van der Waals surface area contributed by atoms with E-state index >= 15 is 0 Å². The number of carbonyl (C=O) groups excluding carboxylic acids is 2. The molecular formula is C22H22N6O3. The summed E-state index contributed by atoms with van der Waals surface area (Å²) in [6.07, 6.45) is 6.25. The van der Waals surface area contributed by atoms with Gasteiger partial charge in [0.15, 0.2) is 5.82 Å². The van der Waals surface area contributed by atoms with Gasteiger partial charge in [-0.2, -0.15) is 0 Å². The highest BCUT2D eigenvalue weighted by Gasteiger charge is 2.45. The Morgan fingerprint density at radius 2 is 1.87 bits per heavy atom. The molecule has 0 saturated carbocycles. The summed E-state index contributed by atoms with van der Waals surface area (Å²) in [5.41, 5.74) is 2.51. The van der Waals surface area contributed by atoms with E-state index in [-0.39, 0.29) is 30.6 Å². The van der Waals surface area contributed by atoms with Gasteiger partial charge < -0.3 is 10.4 Å². The van der Waals surface area contributed by atoms with Crippen LogP contribution in [0.5, 0.6) is 0 Å². The smallest absolute Gasteiger partial charge is 0.271 e. The molecule has 3 aromatic rings. The van der Waals surface area contributed by atoms with Crippen LogP contribution < -0.4 is 10.2 Å². The molecule has 2 N–H and O–H groups in total. The maximum Gasteiger partial charge on any atom is 0.271 e. The molecule has 1 aliphatic heterocycles. The van der Waals surface area contributed by atoms with Crippen molar-refractivity contribution in [3.63, 3.8) is 0 Å². The minimum absolute atomic E-state index is 0.0631. The van der Waals surface area contributed by atoms with Gasteiger partial charge in [-0.3, -0.25) is 19.5 Å². The first-order valence-corrected chi connectivity index (χ1v) is 9.82. The number of hydrogen-bond donors (Lipinski definition) is 2. The highest BCUT2D eigenvalue weighted by atomic mass is 16.3. The van der Waals surface area contributed by atoms with Crippen LogP contribution in [0.1, 0.15) is 35.7 Å². The fourth-order valence-corrected chi connectivity index (χ4v) is 3.53. The Morgan fingerprint density at radius 3 is 2.58 bits per heavy atom. The molecule has 2 aromatic heterocycles. The van der Waals surface area contributed by atoms with Crippen molar-refractivity contribution >= 4 is 23.3 Å². The number of hydrogen-bond acceptors (Lipinski definition) is 7. The van der Waals surface area contributed by atoms with Crippen LogP contribution in [0.25, 0.3) is 11.1 Å². The van der Waals surface area contributed by atoms with Crippen molar-refractivity contribution in [2.24, 2.45) is 0 Å². The monoisotopic (exact) mass is 418 g/mol. The van der Waals surface area contributed by atoms with Crippen molar-refractivity contribution in [1.82, 2.24) is 25.3 Å². The van der Waals surface area contributed by atoms with Gasteiger partial charge in [0.1, 0.15) is 11.5 Å². The molecule has 31 heavy (non-hydrogen) atoms. The second kappa shape index (κ2) is 7.84. The summed E-state index contributed by atoms with van der Waals surface area (Å²) in [5, 5.41) is 11.5. The summed E-state index contributed by atoms with van der Waals surface area (Å²) in [6.45, 7) is 5.45. The van der Waals surface area contributed by atoms with E-state index in [0.29, 0.717) is 11.5 Å². The van der Waals surface area contributed by atoms with Gasteiger partial charge in [0.2, 0.25) is 5.91 Å². The fourth-order valence-electron chi connectivity index (χ4n) is 3.53. The molecule has 1 aliphatic rings. The van der Waals surface area contributed by atoms with Gasteiger partial charge in [-0.25, -0.2) is 15.0 Å². The average molecular weight is 418 g/mol. The third-order valence-electron chi connectivity index (χ3n) is 5.24. The second-order valence-corrected chi connectivity index (χ2v) is 7.76. The van der Waals surface area contributed by atoms with E-state index in [1.54, 1.807) is 12.4 Å². The number of amides is 2. The Labute approximate surface area is 179 Å². The van der Waals surface area contributed by atoms with Crippen LogP contribution in [-0.2, 0) is 10.2 Å². The molecule has 0 bridgehead atoms. The largest absolute Gasteiger partial charge is 0.395 e. The number of aliphatic hydroxyl groups is 1. The topological polar surface area (TPSA) is 121 Å². The Morgan fingerprint density at radius 1 is 1.13 bits per heavy atom. The number of aliphatic hydroxyl groups excluding tert-OH is 1. The predicted octanol–water partition coefficient (Wildman–Crippen LogP) is 1.92. The number of benzene rings is 1. The van der Waals surface area contributed by atoms with Crippen LogP contribution >= 0.6 is 0 Å². The van der Waals surface area contributed by atoms with Crippen LogP contribution in [0.3, 0.4) is 0 Å². The first-order valence-electron chi connectivity index (χ1n) is 9.82. The summed E-state index contributed by atoms with van der Waals surface area (Å²) in [6, 6.07) is 5.76. The van der Waals surface area contributed by atoms with Gasteiger partial charge in [0, 0.05) is 24.5 Å². The van der Waals surface area contributed by atoms with Crippen molar-refractivity contribution in [3.05, 3.63) is 60.1 Å². The molecule has 0 spiro atoms. The van der Waals surface area contributed by atoms with Gasteiger partial charge >= 0.3 is 0 Å². The van der Waals surface area contributed by atoms with E-state index in [1.807, 2.05) is 39.0 Å². The van der Waals surface area contributed by atoms with Crippen molar-refractivity contribution in [3.8, 4) is 11.1 Å². The molecule has 0 unspecified atom stereocenters. The highest BCUT2D eigenvalue weighted by Crippen LogP contribution is 2.46. The number of fused-ring (bicyclic) bond motifs is 1. The minimum atomic E-state index is -0.769. The molecule has 0 aliphatic carbocycles. The molecule has 0 atom stereocenters. The number of anilines is 2. The molecule has 9 heteroatoms. The molecule has 0 radical (unpaired) electrons. The van der Waals surface area contributed by atoms with E-state index in [0.717, 1.165) is 16.7 Å². The lowest BCUT2D eigenvalue weighted by atomic mass is 9.85. The summed E-state index contributed by atoms with van der Waals surface area (Å²) in [5.74, 6) is 0.294. The molecule has 158 valence electrons. The number of aryl methyl sites for hydroxylation is 1. The maximum absolute atomic E-state index is 13.3. The van der Waals surface area contributed by atoms with Crippen LogP contribution in [0, 0.1) is 6.92 Å². The number of aromatic nitrogens is 4. The van der Waals surface area contributed by atoms with Crippen LogP contribution in [-0.4, -0.2) is 50.0 Å². The summed E-state index contributed by atoms with van der Waals surface area (Å²) in [4.78, 5) is 44.0. The lowest BCUT2D eigenvalue weighted by molar-refractivity contribution is -0.121. The minimum Gasteiger partial charge on any atom is -0.395 e. The average Bonchev–Trinajstić information content (AvgIpc) is 2.97. The normalized spacial score (nSPS) is 14.5. The molecule has 3 heterocycles. The fraction of sp³-hybridized carbons (Fsp3) is 0.273. The van der Waals surface area contributed by atoms with Crippen molar-refractivity contribution in [2.75, 3.05) is 18.1 Å². The molecule has 4 rings (SSSR count). The van der Waals surface area contributed by atoms with E-state index in [4.69, 9.17) is 5.11 Å². The van der Waals surface area contributed by atoms with E-state index < -0.39 is 11.3 Å². The lowest BCUT2D eigenvalue weighted by Gasteiger charge is -2.19. The highest BCUT2D eigenvalue weighted by molar-refractivity contribution is 6.12. The third-order valence-corrected chi connectivity index (χ3v) is 5.24. The zero-order valence-electron chi connectivity index (χ0n) is 17.5. The van der Waals surface area contributed by atoms with E-state index in [2.05, 4.69) is 25.3 Å². The number of nitrogens with zero attached hydrogens (tertiary/aromatic N) is 5. The van der Waals surface area contributed by atoms with E-state index in [9.17, 15) is 9.59 Å². The van der Waals surface area contributed by atoms with E-state index in [1.165, 1.54) is 17.3 Å². The Balaban J connectivity index is 1.78. The molecular weight excluding hydrogens is 396 g/mol. The first kappa shape index (κ1) is 20.5. The molecule has 0 fully saturated rings. The Hall–Kier alpha value is -3.72. The number of nitrogens with one attached hydrogen (secondary N) is 1. The number of carbonyl (C=O) groups is 2. The van der Waals surface area contributed by atoms with Crippen LogP contribution in [0.2, 0.25) is 0 Å². The van der Waals surface area contributed by atoms with Crippen molar-refractivity contribution in [2.45, 2.75) is 26.2 Å². The first-order chi connectivity index (χ1) is 14.8. The Kier molecular flexibility index (Phi) is 5.20. The standard InChI is InChI=1S/C22H22N6O3/c1-13-25-9-15(10-26-13)14-4-5-16-18(8-14)28(21(31)22(16,2)3)19-12-23-11-17(27-19)20(30)24-6-7-29/h4-5,8-12,29H,6-7H2,1-3H3,(H,24,30). The predicted molar refractivity (Wildman–Crippen MR) is 114 cm³/mol. The van der Waals surface area contributed by atoms with Gasteiger partial charge in [-0.15, -0.1) is 0 Å². The molecule has 9 nitrogen and oxygen atoms in total. The summed E-state index contributed by atoms with van der Waals surface area (Å²) >= 11 is 0. The molecule has 0 saturated heterocycles. The van der Waals surface area contributed by atoms with Crippen LogP contribution in [0.15, 0.2) is 43.0 Å².